The van der Waals surface area contributed by atoms with Crippen molar-refractivity contribution in [1.29, 1.82) is 0 Å². The van der Waals surface area contributed by atoms with Crippen LogP contribution in [0.25, 0.3) is 0 Å². The van der Waals surface area contributed by atoms with E-state index in [2.05, 4.69) is 15.3 Å². The van der Waals surface area contributed by atoms with Gasteiger partial charge in [0, 0.05) is 45.0 Å². The lowest BCUT2D eigenvalue weighted by atomic mass is 10.1. The Balaban J connectivity index is 0.000000587. The zero-order valence-electron chi connectivity index (χ0n) is 21.5. The molecule has 0 unspecified atom stereocenters. The first-order valence-corrected chi connectivity index (χ1v) is 13.9. The average molecular weight is 618 g/mol. The molecule has 2 N–H and O–H groups in total. The molecule has 4 rings (SSSR count). The van der Waals surface area contributed by atoms with Crippen molar-refractivity contribution in [3.8, 4) is 5.75 Å². The van der Waals surface area contributed by atoms with Crippen LogP contribution in [-0.2, 0) is 27.8 Å². The van der Waals surface area contributed by atoms with Crippen LogP contribution in [0.5, 0.6) is 5.75 Å². The largest absolute Gasteiger partial charge is 0.490 e. The molecular weight excluding hydrogens is 591 g/mol. The number of hydrogen-bond donors (Lipinski definition) is 2. The van der Waals surface area contributed by atoms with Gasteiger partial charge in [-0.15, -0.1) is 0 Å². The number of anilines is 2. The number of hydrogen-bond acceptors (Lipinski definition) is 8. The van der Waals surface area contributed by atoms with E-state index in [1.54, 1.807) is 0 Å². The van der Waals surface area contributed by atoms with E-state index in [4.69, 9.17) is 14.6 Å². The maximum Gasteiger partial charge on any atom is 0.490 e. The maximum atomic E-state index is 13.9. The Labute approximate surface area is 230 Å². The predicted octanol–water partition coefficient (Wildman–Crippen LogP) is 3.43. The fraction of sp³-hybridized carbons (Fsp3) is 0.522. The molecular formula is C23H26F7N5O5S. The Morgan fingerprint density at radius 2 is 1.78 bits per heavy atom. The Hall–Kier alpha value is -3.41. The molecule has 0 aliphatic carbocycles. The van der Waals surface area contributed by atoms with Crippen molar-refractivity contribution in [3.05, 3.63) is 41.2 Å². The maximum absolute atomic E-state index is 13.9. The molecule has 1 aromatic carbocycles. The van der Waals surface area contributed by atoms with Crippen molar-refractivity contribution in [1.82, 2.24) is 14.3 Å². The van der Waals surface area contributed by atoms with Crippen molar-refractivity contribution < 1.29 is 53.8 Å². The van der Waals surface area contributed by atoms with Crippen molar-refractivity contribution in [3.63, 3.8) is 0 Å². The summed E-state index contributed by atoms with van der Waals surface area (Å²) in [7, 11) is -3.41. The topological polar surface area (TPSA) is 125 Å². The summed E-state index contributed by atoms with van der Waals surface area (Å²) in [6.07, 6.45) is -5.56. The highest BCUT2D eigenvalue weighted by Crippen LogP contribution is 2.31. The van der Waals surface area contributed by atoms with Crippen molar-refractivity contribution in [2.45, 2.75) is 44.5 Å². The highest BCUT2D eigenvalue weighted by Gasteiger charge is 2.38. The van der Waals surface area contributed by atoms with E-state index >= 15 is 0 Å². The number of nitrogens with zero attached hydrogens (tertiary/aromatic N) is 4. The molecule has 228 valence electrons. The monoisotopic (exact) mass is 617 g/mol. The van der Waals surface area contributed by atoms with Gasteiger partial charge < -0.3 is 20.1 Å². The van der Waals surface area contributed by atoms with Gasteiger partial charge in [-0.3, -0.25) is 0 Å². The van der Waals surface area contributed by atoms with Crippen LogP contribution in [0.3, 0.4) is 0 Å². The molecule has 3 heterocycles. The third-order valence-corrected chi connectivity index (χ3v) is 7.27. The Kier molecular flexibility index (Phi) is 10.2. The van der Waals surface area contributed by atoms with E-state index < -0.39 is 46.8 Å². The van der Waals surface area contributed by atoms with Crippen LogP contribution in [0.15, 0.2) is 18.2 Å². The number of alkyl halides is 5. The van der Waals surface area contributed by atoms with E-state index in [0.717, 1.165) is 18.4 Å². The van der Waals surface area contributed by atoms with E-state index in [1.165, 1.54) is 10.4 Å². The van der Waals surface area contributed by atoms with E-state index in [1.807, 2.05) is 4.90 Å². The molecule has 2 aliphatic rings. The first-order chi connectivity index (χ1) is 19.0. The molecule has 0 atom stereocenters. The third kappa shape index (κ3) is 9.04. The fourth-order valence-corrected chi connectivity index (χ4v) is 4.81. The Morgan fingerprint density at radius 1 is 1.15 bits per heavy atom. The van der Waals surface area contributed by atoms with Gasteiger partial charge in [-0.25, -0.2) is 40.7 Å². The summed E-state index contributed by atoms with van der Waals surface area (Å²) < 4.78 is 115. The number of nitrogens with one attached hydrogen (secondary N) is 1. The first-order valence-electron chi connectivity index (χ1n) is 12.1. The number of ether oxygens (including phenoxy) is 1. The van der Waals surface area contributed by atoms with E-state index in [9.17, 15) is 39.2 Å². The zero-order chi connectivity index (χ0) is 30.5. The van der Waals surface area contributed by atoms with Crippen LogP contribution >= 0.6 is 0 Å². The van der Waals surface area contributed by atoms with Gasteiger partial charge in [-0.2, -0.15) is 17.5 Å². The number of carbonyl (C=O) groups is 1. The Morgan fingerprint density at radius 3 is 2.32 bits per heavy atom. The summed E-state index contributed by atoms with van der Waals surface area (Å²) in [5, 5.41) is 9.78. The molecule has 10 nitrogen and oxygen atoms in total. The molecule has 1 saturated heterocycles. The Bertz CT molecular complexity index is 1340. The van der Waals surface area contributed by atoms with Crippen LogP contribution < -0.4 is 15.0 Å². The molecule has 0 radical (unpaired) electrons. The van der Waals surface area contributed by atoms with Crippen LogP contribution in [0.4, 0.5) is 42.4 Å². The molecule has 2 aliphatic heterocycles. The van der Waals surface area contributed by atoms with Gasteiger partial charge in [0.05, 0.1) is 30.7 Å². The first kappa shape index (κ1) is 32.1. The summed E-state index contributed by atoms with van der Waals surface area (Å²) in [5.41, 5.74) is 1.06. The smallest absolute Gasteiger partial charge is 0.487 e. The van der Waals surface area contributed by atoms with Crippen LogP contribution in [0.2, 0.25) is 0 Å². The van der Waals surface area contributed by atoms with Crippen molar-refractivity contribution >= 4 is 27.6 Å². The minimum Gasteiger partial charge on any atom is -0.487 e. The molecule has 0 bridgehead atoms. The fourth-order valence-electron chi connectivity index (χ4n) is 4.03. The van der Waals surface area contributed by atoms with Gasteiger partial charge >= 0.3 is 12.1 Å². The second-order valence-electron chi connectivity index (χ2n) is 9.09. The molecule has 0 spiro atoms. The zero-order valence-corrected chi connectivity index (χ0v) is 22.3. The number of aromatic nitrogens is 2. The van der Waals surface area contributed by atoms with Crippen LogP contribution in [0, 0.1) is 11.6 Å². The molecule has 1 fully saturated rings. The number of fused-ring (bicyclic) bond motifs is 1. The lowest BCUT2D eigenvalue weighted by Crippen LogP contribution is -2.40. The lowest BCUT2D eigenvalue weighted by molar-refractivity contribution is -0.192. The number of carboxylic acid groups (broad SMARTS) is 1. The van der Waals surface area contributed by atoms with Gasteiger partial charge in [0.15, 0.2) is 23.2 Å². The average Bonchev–Trinajstić information content (AvgIpc) is 2.88. The normalized spacial score (nSPS) is 16.6. The van der Waals surface area contributed by atoms with Gasteiger partial charge in [-0.1, -0.05) is 0 Å². The van der Waals surface area contributed by atoms with Crippen molar-refractivity contribution in [2.24, 2.45) is 0 Å². The third-order valence-electron chi connectivity index (χ3n) is 6.02. The number of aliphatic carboxylic acids is 1. The van der Waals surface area contributed by atoms with E-state index in [0.29, 0.717) is 49.6 Å². The van der Waals surface area contributed by atoms with Gasteiger partial charge in [0.25, 0.3) is 6.43 Å². The highest BCUT2D eigenvalue weighted by atomic mass is 32.2. The van der Waals surface area contributed by atoms with Gasteiger partial charge in [-0.05, 0) is 12.1 Å². The predicted molar refractivity (Wildman–Crippen MR) is 131 cm³/mol. The minimum atomic E-state index is -5.08. The van der Waals surface area contributed by atoms with Crippen molar-refractivity contribution in [2.75, 3.05) is 42.7 Å². The summed E-state index contributed by atoms with van der Waals surface area (Å²) in [6.45, 7) is 0.573. The lowest BCUT2D eigenvalue weighted by Gasteiger charge is -2.35. The molecule has 0 saturated carbocycles. The molecule has 1 aromatic heterocycles. The number of halogens is 7. The highest BCUT2D eigenvalue weighted by molar-refractivity contribution is 7.88. The molecule has 2 aromatic rings. The summed E-state index contributed by atoms with van der Waals surface area (Å²) in [6, 6.07) is 3.12. The summed E-state index contributed by atoms with van der Waals surface area (Å²) >= 11 is 0. The SMILES string of the molecule is CS(=O)(=O)N1CCc2nc(NCC(F)F)c(N3CCC(Oc4ccc(F)cc4F)CC3)nc2C1.O=C(O)C(F)(F)F. The summed E-state index contributed by atoms with van der Waals surface area (Å²) in [5.74, 6) is -3.68. The number of piperidine rings is 1. The van der Waals surface area contributed by atoms with Gasteiger partial charge in [0.1, 0.15) is 11.9 Å². The second kappa shape index (κ2) is 13.1. The molecule has 41 heavy (non-hydrogen) atoms. The minimum absolute atomic E-state index is 0.0337. The van der Waals surface area contributed by atoms with E-state index in [-0.39, 0.29) is 30.8 Å². The van der Waals surface area contributed by atoms with Crippen LogP contribution in [0.1, 0.15) is 24.2 Å². The number of rotatable bonds is 7. The number of benzene rings is 1. The standard InChI is InChI=1S/C21H25F4N5O3S.C2HF3O2/c1-34(31,32)30-9-6-16-17(12-30)28-21(20(27-16)26-11-19(24)25)29-7-4-14(5-8-29)33-18-3-2-13(22)10-15(18)23;3-2(4,5)1(6)7/h2-3,10,14,19H,4-9,11-12H2,1H3,(H,26,27);(H,6,7). The van der Waals surface area contributed by atoms with Gasteiger partial charge in [0.2, 0.25) is 10.0 Å². The number of carboxylic acids is 1. The number of sulfonamides is 1. The second-order valence-corrected chi connectivity index (χ2v) is 11.1. The molecule has 18 heteroatoms. The molecule has 0 amide bonds. The van der Waals surface area contributed by atoms with Crippen LogP contribution in [-0.4, -0.2) is 84.9 Å². The summed E-state index contributed by atoms with van der Waals surface area (Å²) in [4.78, 5) is 19.9. The quantitative estimate of drug-likeness (QED) is 0.450.